The van der Waals surface area contributed by atoms with Crippen molar-refractivity contribution in [2.24, 2.45) is 27.7 Å². The second kappa shape index (κ2) is 18.4. The van der Waals surface area contributed by atoms with Crippen molar-refractivity contribution in [3.63, 3.8) is 0 Å². The van der Waals surface area contributed by atoms with Crippen molar-refractivity contribution in [3.05, 3.63) is 71.3 Å². The molecule has 6 nitrogen and oxygen atoms in total. The first-order chi connectivity index (χ1) is 16.6. The van der Waals surface area contributed by atoms with Gasteiger partial charge in [0.15, 0.2) is 5.84 Å². The maximum atomic E-state index is 10.8. The van der Waals surface area contributed by atoms with E-state index in [0.717, 1.165) is 23.1 Å². The number of allylic oxidation sites excluding steroid dienone is 4. The maximum absolute atomic E-state index is 10.8. The average molecular weight is 484 g/mol. The fourth-order valence-corrected chi connectivity index (χ4v) is 3.15. The Kier molecular flexibility index (Phi) is 16.8. The molecule has 0 heterocycles. The highest BCUT2D eigenvalue weighted by molar-refractivity contribution is 6.01. The van der Waals surface area contributed by atoms with E-state index in [1.807, 2.05) is 50.3 Å². The van der Waals surface area contributed by atoms with E-state index in [-0.39, 0.29) is 18.4 Å². The van der Waals surface area contributed by atoms with Gasteiger partial charge in [0.2, 0.25) is 0 Å². The molecule has 0 fully saturated rings. The first-order valence-electron chi connectivity index (χ1n) is 12.4. The molecule has 3 unspecified atom stereocenters. The van der Waals surface area contributed by atoms with E-state index in [1.54, 1.807) is 0 Å². The van der Waals surface area contributed by atoms with Crippen LogP contribution in [0.4, 0.5) is 0 Å². The summed E-state index contributed by atoms with van der Waals surface area (Å²) in [4.78, 5) is 20.3. The summed E-state index contributed by atoms with van der Waals surface area (Å²) in [5.74, 6) is 0.0415. The average Bonchev–Trinajstić information content (AvgIpc) is 2.82. The smallest absolute Gasteiger partial charge is 0.303 e. The van der Waals surface area contributed by atoms with E-state index in [0.29, 0.717) is 24.8 Å². The second-order valence-corrected chi connectivity index (χ2v) is 8.91. The molecule has 1 aromatic carbocycles. The molecular formula is C29H45N3O3. The van der Waals surface area contributed by atoms with Crippen molar-refractivity contribution >= 4 is 18.5 Å². The lowest BCUT2D eigenvalue weighted by molar-refractivity contribution is -0.138. The summed E-state index contributed by atoms with van der Waals surface area (Å²) in [6.07, 6.45) is 8.98. The van der Waals surface area contributed by atoms with Gasteiger partial charge in [0, 0.05) is 18.0 Å². The molecule has 6 heteroatoms. The highest BCUT2D eigenvalue weighted by Crippen LogP contribution is 2.22. The van der Waals surface area contributed by atoms with E-state index < -0.39 is 5.97 Å². The van der Waals surface area contributed by atoms with Gasteiger partial charge in [0.05, 0.1) is 0 Å². The number of benzene rings is 1. The van der Waals surface area contributed by atoms with Crippen LogP contribution in [0.3, 0.4) is 0 Å². The van der Waals surface area contributed by atoms with Gasteiger partial charge in [-0.3, -0.25) is 4.79 Å². The van der Waals surface area contributed by atoms with Crippen LogP contribution in [0.5, 0.6) is 0 Å². The number of rotatable bonds is 13. The monoisotopic (exact) mass is 483 g/mol. The predicted octanol–water partition coefficient (Wildman–Crippen LogP) is 7.09. The Bertz CT molecular complexity index is 870. The molecule has 3 atom stereocenters. The third-order valence-electron chi connectivity index (χ3n) is 5.35. The minimum absolute atomic E-state index is 0.00132. The Morgan fingerprint density at radius 3 is 2.26 bits per heavy atom. The van der Waals surface area contributed by atoms with Crippen molar-refractivity contribution < 1.29 is 14.7 Å². The molecule has 0 spiro atoms. The van der Waals surface area contributed by atoms with E-state index in [4.69, 9.17) is 15.7 Å². The lowest BCUT2D eigenvalue weighted by Crippen LogP contribution is -2.16. The van der Waals surface area contributed by atoms with Crippen LogP contribution in [0.15, 0.2) is 70.4 Å². The molecular weight excluding hydrogens is 438 g/mol. The number of aliphatic carboxylic acids is 1. The molecule has 35 heavy (non-hydrogen) atoms. The Morgan fingerprint density at radius 1 is 1.17 bits per heavy atom. The maximum Gasteiger partial charge on any atom is 0.303 e. The van der Waals surface area contributed by atoms with Gasteiger partial charge in [-0.1, -0.05) is 95.3 Å². The molecule has 1 aromatic rings. The lowest BCUT2D eigenvalue weighted by atomic mass is 9.94. The van der Waals surface area contributed by atoms with Crippen LogP contribution >= 0.6 is 0 Å². The number of carbonyl (C=O) groups is 1. The van der Waals surface area contributed by atoms with Crippen LogP contribution < -0.4 is 5.73 Å². The van der Waals surface area contributed by atoms with Gasteiger partial charge in [-0.2, -0.15) is 0 Å². The standard InChI is InChI=1S/C26H37N3O3.C3H8/c1-7-20(5)21(8-2)10-9-18(3)17-32-29-26(28-6)23-13-11-22(12-14-23)24(27)15-19(4)16-25(30)31;1-3-2/h8-14,19-20,24H,2,6-7,15-17,27H2,1,3-5H3,(H,30,31);3H2,1-2H3/b18-9+,21-10+,29-26-;. The van der Waals surface area contributed by atoms with Crippen LogP contribution in [-0.4, -0.2) is 30.2 Å². The van der Waals surface area contributed by atoms with Crippen LogP contribution in [0.2, 0.25) is 0 Å². The molecule has 0 saturated heterocycles. The first-order valence-corrected chi connectivity index (χ1v) is 12.4. The Hall–Kier alpha value is -2.99. The molecule has 0 aliphatic rings. The first kappa shape index (κ1) is 32.0. The van der Waals surface area contributed by atoms with Crippen LogP contribution in [0.1, 0.15) is 84.4 Å². The van der Waals surface area contributed by atoms with E-state index in [2.05, 4.69) is 57.2 Å². The number of hydrogen-bond donors (Lipinski definition) is 2. The number of hydrogen-bond acceptors (Lipinski definition) is 4. The Labute approximate surface area is 212 Å². The summed E-state index contributed by atoms with van der Waals surface area (Å²) >= 11 is 0. The second-order valence-electron chi connectivity index (χ2n) is 8.91. The van der Waals surface area contributed by atoms with Crippen LogP contribution in [0, 0.1) is 11.8 Å². The molecule has 0 aliphatic carbocycles. The molecule has 0 aliphatic heterocycles. The molecule has 0 aromatic heterocycles. The van der Waals surface area contributed by atoms with Gasteiger partial charge in [-0.25, -0.2) is 4.99 Å². The number of amidine groups is 1. The number of carboxylic acids is 1. The summed E-state index contributed by atoms with van der Waals surface area (Å²) in [5.41, 5.74) is 10.1. The Balaban J connectivity index is 0.00000365. The number of nitrogens with zero attached hydrogens (tertiary/aromatic N) is 2. The van der Waals surface area contributed by atoms with Crippen molar-refractivity contribution in [1.29, 1.82) is 0 Å². The molecule has 0 bridgehead atoms. The third kappa shape index (κ3) is 13.5. The molecule has 0 radical (unpaired) electrons. The quantitative estimate of drug-likeness (QED) is 0.135. The van der Waals surface area contributed by atoms with Crippen molar-refractivity contribution in [2.75, 3.05) is 6.61 Å². The normalized spacial score (nSPS) is 14.8. The zero-order chi connectivity index (χ0) is 26.8. The SMILES string of the molecule is C=C/C(=C\C=C(/C)CO/N=C(\N=C)c1ccc(C(N)CC(C)CC(=O)O)cc1)C(C)CC.CCC. The minimum Gasteiger partial charge on any atom is -0.481 e. The van der Waals surface area contributed by atoms with E-state index >= 15 is 0 Å². The number of aliphatic imine (C=N–C) groups is 1. The highest BCUT2D eigenvalue weighted by Gasteiger charge is 2.14. The minimum atomic E-state index is -0.810. The van der Waals surface area contributed by atoms with Gasteiger partial charge in [-0.05, 0) is 55.0 Å². The van der Waals surface area contributed by atoms with Crippen molar-refractivity contribution in [2.45, 2.75) is 73.3 Å². The van der Waals surface area contributed by atoms with E-state index in [1.165, 1.54) is 12.0 Å². The van der Waals surface area contributed by atoms with Gasteiger partial charge in [0.25, 0.3) is 0 Å². The fourth-order valence-electron chi connectivity index (χ4n) is 3.15. The largest absolute Gasteiger partial charge is 0.481 e. The fraction of sp³-hybridized carbons (Fsp3) is 0.483. The van der Waals surface area contributed by atoms with Crippen LogP contribution in [-0.2, 0) is 9.63 Å². The summed E-state index contributed by atoms with van der Waals surface area (Å²) in [7, 11) is 0. The van der Waals surface area contributed by atoms with Gasteiger partial charge in [0.1, 0.15) is 6.61 Å². The molecule has 3 N–H and O–H groups in total. The van der Waals surface area contributed by atoms with Gasteiger partial charge < -0.3 is 15.7 Å². The van der Waals surface area contributed by atoms with Crippen molar-refractivity contribution in [1.82, 2.24) is 0 Å². The number of nitrogens with two attached hydrogens (primary N) is 1. The number of oxime groups is 1. The Morgan fingerprint density at radius 2 is 1.77 bits per heavy atom. The molecule has 1 rings (SSSR count). The lowest BCUT2D eigenvalue weighted by Gasteiger charge is -2.16. The third-order valence-corrected chi connectivity index (χ3v) is 5.35. The summed E-state index contributed by atoms with van der Waals surface area (Å²) in [5, 5.41) is 13.0. The summed E-state index contributed by atoms with van der Waals surface area (Å²) in [6, 6.07) is 7.29. The zero-order valence-corrected chi connectivity index (χ0v) is 22.5. The molecule has 194 valence electrons. The van der Waals surface area contributed by atoms with Crippen molar-refractivity contribution in [3.8, 4) is 0 Å². The molecule has 0 amide bonds. The zero-order valence-electron chi connectivity index (χ0n) is 22.5. The number of carboxylic acid groups (broad SMARTS) is 1. The molecule has 0 saturated carbocycles. The highest BCUT2D eigenvalue weighted by atomic mass is 16.6. The topological polar surface area (TPSA) is 97.3 Å². The van der Waals surface area contributed by atoms with Gasteiger partial charge >= 0.3 is 5.97 Å². The predicted molar refractivity (Wildman–Crippen MR) is 149 cm³/mol. The summed E-state index contributed by atoms with van der Waals surface area (Å²) in [6.45, 7) is 20.2. The summed E-state index contributed by atoms with van der Waals surface area (Å²) < 4.78 is 0. The van der Waals surface area contributed by atoms with Gasteiger partial charge in [-0.15, -0.1) is 0 Å². The van der Waals surface area contributed by atoms with E-state index in [9.17, 15) is 4.79 Å². The van der Waals surface area contributed by atoms with Crippen LogP contribution in [0.25, 0.3) is 0 Å².